The molecule has 1 rings (SSSR count). The number of nitrogens with one attached hydrogen (secondary N) is 1. The number of pyridine rings is 1. The molecule has 1 atom stereocenters. The standard InChI is InChI=1S/C8H10N2O2/c1-6(11)8(12)10-7-3-2-4-9-5-7/h2-6,11H,1H3,(H,10,12). The second kappa shape index (κ2) is 3.82. The normalized spacial score (nSPS) is 12.2. The van der Waals surface area contributed by atoms with Crippen molar-refractivity contribution in [3.05, 3.63) is 24.5 Å². The molecule has 0 radical (unpaired) electrons. The molecular formula is C8H10N2O2. The maximum absolute atomic E-state index is 10.9. The van der Waals surface area contributed by atoms with E-state index in [2.05, 4.69) is 10.3 Å². The van der Waals surface area contributed by atoms with E-state index < -0.39 is 12.0 Å². The van der Waals surface area contributed by atoms with Crippen molar-refractivity contribution in [1.82, 2.24) is 4.98 Å². The Labute approximate surface area is 70.3 Å². The molecule has 1 unspecified atom stereocenters. The summed E-state index contributed by atoms with van der Waals surface area (Å²) in [6.45, 7) is 1.41. The third kappa shape index (κ3) is 2.32. The maximum atomic E-state index is 10.9. The van der Waals surface area contributed by atoms with Gasteiger partial charge < -0.3 is 10.4 Å². The highest BCUT2D eigenvalue weighted by molar-refractivity contribution is 5.93. The van der Waals surface area contributed by atoms with Gasteiger partial charge in [-0.15, -0.1) is 0 Å². The summed E-state index contributed by atoms with van der Waals surface area (Å²) in [6, 6.07) is 3.41. The lowest BCUT2D eigenvalue weighted by Gasteiger charge is -2.05. The van der Waals surface area contributed by atoms with E-state index in [0.29, 0.717) is 5.69 Å². The predicted octanol–water partition coefficient (Wildman–Crippen LogP) is 0.401. The smallest absolute Gasteiger partial charge is 0.252 e. The van der Waals surface area contributed by atoms with Gasteiger partial charge in [0, 0.05) is 6.20 Å². The molecule has 1 heterocycles. The minimum Gasteiger partial charge on any atom is -0.384 e. The SMILES string of the molecule is CC(O)C(=O)Nc1cccnc1. The molecule has 0 bridgehead atoms. The minimum absolute atomic E-state index is 0.428. The summed E-state index contributed by atoms with van der Waals surface area (Å²) in [4.78, 5) is 14.7. The Kier molecular flexibility index (Phi) is 2.76. The second-order valence-electron chi connectivity index (χ2n) is 2.41. The highest BCUT2D eigenvalue weighted by atomic mass is 16.3. The van der Waals surface area contributed by atoms with E-state index >= 15 is 0 Å². The van der Waals surface area contributed by atoms with Crippen molar-refractivity contribution >= 4 is 11.6 Å². The van der Waals surface area contributed by atoms with Gasteiger partial charge in [-0.3, -0.25) is 9.78 Å². The van der Waals surface area contributed by atoms with Crippen LogP contribution in [0.15, 0.2) is 24.5 Å². The molecule has 0 aliphatic heterocycles. The first kappa shape index (κ1) is 8.67. The molecule has 4 nitrogen and oxygen atoms in total. The van der Waals surface area contributed by atoms with Crippen molar-refractivity contribution in [3.63, 3.8) is 0 Å². The van der Waals surface area contributed by atoms with E-state index in [0.717, 1.165) is 0 Å². The Balaban J connectivity index is 2.59. The number of anilines is 1. The van der Waals surface area contributed by atoms with Crippen LogP contribution < -0.4 is 5.32 Å². The summed E-state index contributed by atoms with van der Waals surface area (Å²) in [6.07, 6.45) is 2.13. The monoisotopic (exact) mass is 166 g/mol. The topological polar surface area (TPSA) is 62.2 Å². The van der Waals surface area contributed by atoms with Crippen molar-refractivity contribution in [2.24, 2.45) is 0 Å². The second-order valence-corrected chi connectivity index (χ2v) is 2.41. The fraction of sp³-hybridized carbons (Fsp3) is 0.250. The maximum Gasteiger partial charge on any atom is 0.252 e. The van der Waals surface area contributed by atoms with Crippen molar-refractivity contribution < 1.29 is 9.90 Å². The van der Waals surface area contributed by atoms with Gasteiger partial charge in [-0.25, -0.2) is 0 Å². The number of carbonyl (C=O) groups is 1. The molecule has 0 spiro atoms. The van der Waals surface area contributed by atoms with Crippen LogP contribution in [0.5, 0.6) is 0 Å². The van der Waals surface area contributed by atoms with Crippen LogP contribution in [-0.2, 0) is 4.79 Å². The molecule has 64 valence electrons. The molecule has 0 saturated carbocycles. The van der Waals surface area contributed by atoms with Crippen LogP contribution >= 0.6 is 0 Å². The number of aromatic nitrogens is 1. The molecule has 1 amide bonds. The number of amides is 1. The van der Waals surface area contributed by atoms with Gasteiger partial charge in [0.1, 0.15) is 6.10 Å². The van der Waals surface area contributed by atoms with Crippen LogP contribution in [0.25, 0.3) is 0 Å². The van der Waals surface area contributed by atoms with Crippen molar-refractivity contribution in [2.45, 2.75) is 13.0 Å². The van der Waals surface area contributed by atoms with Crippen LogP contribution in [0.3, 0.4) is 0 Å². The minimum atomic E-state index is -0.995. The number of aliphatic hydroxyl groups excluding tert-OH is 1. The molecule has 0 saturated heterocycles. The molecule has 0 aromatic carbocycles. The van der Waals surface area contributed by atoms with Crippen molar-refractivity contribution in [3.8, 4) is 0 Å². The van der Waals surface area contributed by atoms with Gasteiger partial charge in [0.25, 0.3) is 5.91 Å². The largest absolute Gasteiger partial charge is 0.384 e. The predicted molar refractivity (Wildman–Crippen MR) is 44.5 cm³/mol. The van der Waals surface area contributed by atoms with Gasteiger partial charge in [0.2, 0.25) is 0 Å². The third-order valence-electron chi connectivity index (χ3n) is 1.31. The molecule has 12 heavy (non-hydrogen) atoms. The number of nitrogens with zero attached hydrogens (tertiary/aromatic N) is 1. The van der Waals surface area contributed by atoms with E-state index in [1.807, 2.05) is 0 Å². The lowest BCUT2D eigenvalue weighted by atomic mass is 10.3. The first-order valence-electron chi connectivity index (χ1n) is 3.59. The van der Waals surface area contributed by atoms with Gasteiger partial charge >= 0.3 is 0 Å². The van der Waals surface area contributed by atoms with Crippen LogP contribution in [0.4, 0.5) is 5.69 Å². The van der Waals surface area contributed by atoms with Gasteiger partial charge in [0.15, 0.2) is 0 Å². The summed E-state index contributed by atoms with van der Waals surface area (Å²) in [5.41, 5.74) is 0.586. The fourth-order valence-corrected chi connectivity index (χ4v) is 0.683. The first-order valence-corrected chi connectivity index (χ1v) is 3.59. The quantitative estimate of drug-likeness (QED) is 0.668. The van der Waals surface area contributed by atoms with E-state index in [1.54, 1.807) is 18.3 Å². The molecule has 1 aromatic rings. The van der Waals surface area contributed by atoms with E-state index in [9.17, 15) is 4.79 Å². The summed E-state index contributed by atoms with van der Waals surface area (Å²) >= 11 is 0. The number of hydrogen-bond acceptors (Lipinski definition) is 3. The molecule has 2 N–H and O–H groups in total. The van der Waals surface area contributed by atoms with Gasteiger partial charge in [0.05, 0.1) is 11.9 Å². The Morgan fingerprint density at radius 2 is 2.50 bits per heavy atom. The molecular weight excluding hydrogens is 156 g/mol. The average molecular weight is 166 g/mol. The Hall–Kier alpha value is -1.42. The zero-order valence-electron chi connectivity index (χ0n) is 6.69. The Morgan fingerprint density at radius 1 is 1.75 bits per heavy atom. The summed E-state index contributed by atoms with van der Waals surface area (Å²) in [7, 11) is 0. The van der Waals surface area contributed by atoms with E-state index in [4.69, 9.17) is 5.11 Å². The van der Waals surface area contributed by atoms with Crippen molar-refractivity contribution in [2.75, 3.05) is 5.32 Å². The Morgan fingerprint density at radius 3 is 3.00 bits per heavy atom. The third-order valence-corrected chi connectivity index (χ3v) is 1.31. The molecule has 0 aliphatic carbocycles. The molecule has 0 fully saturated rings. The zero-order valence-corrected chi connectivity index (χ0v) is 6.69. The number of carbonyl (C=O) groups excluding carboxylic acids is 1. The average Bonchev–Trinajstić information content (AvgIpc) is 2.06. The van der Waals surface area contributed by atoms with Gasteiger partial charge in [-0.05, 0) is 19.1 Å². The molecule has 1 aromatic heterocycles. The van der Waals surface area contributed by atoms with E-state index in [-0.39, 0.29) is 0 Å². The zero-order chi connectivity index (χ0) is 8.97. The van der Waals surface area contributed by atoms with E-state index in [1.165, 1.54) is 13.1 Å². The lowest BCUT2D eigenvalue weighted by Crippen LogP contribution is -2.24. The van der Waals surface area contributed by atoms with Gasteiger partial charge in [-0.1, -0.05) is 0 Å². The van der Waals surface area contributed by atoms with Crippen molar-refractivity contribution in [1.29, 1.82) is 0 Å². The summed E-state index contributed by atoms with van der Waals surface area (Å²) < 4.78 is 0. The number of rotatable bonds is 2. The number of aliphatic hydroxyl groups is 1. The molecule has 0 aliphatic rings. The van der Waals surface area contributed by atoms with Crippen LogP contribution in [0.2, 0.25) is 0 Å². The highest BCUT2D eigenvalue weighted by Crippen LogP contribution is 2.02. The number of hydrogen-bond donors (Lipinski definition) is 2. The van der Waals surface area contributed by atoms with Gasteiger partial charge in [-0.2, -0.15) is 0 Å². The summed E-state index contributed by atoms with van der Waals surface area (Å²) in [5, 5.41) is 11.3. The lowest BCUT2D eigenvalue weighted by molar-refractivity contribution is -0.123. The first-order chi connectivity index (χ1) is 5.70. The van der Waals surface area contributed by atoms with Crippen LogP contribution in [0.1, 0.15) is 6.92 Å². The molecule has 4 heteroatoms. The van der Waals surface area contributed by atoms with Crippen LogP contribution in [0, 0.1) is 0 Å². The Bertz CT molecular complexity index is 259. The fourth-order valence-electron chi connectivity index (χ4n) is 0.683. The van der Waals surface area contributed by atoms with Crippen LogP contribution in [-0.4, -0.2) is 22.1 Å². The summed E-state index contributed by atoms with van der Waals surface area (Å²) in [5.74, 6) is -0.428. The highest BCUT2D eigenvalue weighted by Gasteiger charge is 2.07.